The van der Waals surface area contributed by atoms with Gasteiger partial charge in [-0.2, -0.15) is 0 Å². The summed E-state index contributed by atoms with van der Waals surface area (Å²) in [6, 6.07) is 0. The van der Waals surface area contributed by atoms with Gasteiger partial charge >= 0.3 is 11.9 Å². The summed E-state index contributed by atoms with van der Waals surface area (Å²) in [6.07, 6.45) is -0.339. The summed E-state index contributed by atoms with van der Waals surface area (Å²) in [6.45, 7) is 2.33. The van der Waals surface area contributed by atoms with Gasteiger partial charge in [-0.1, -0.05) is 0 Å². The van der Waals surface area contributed by atoms with E-state index in [0.29, 0.717) is 0 Å². The highest BCUT2D eigenvalue weighted by atomic mass is 16.6. The number of nitrogens with two attached hydrogens (primary N) is 1. The molecule has 12 heavy (non-hydrogen) atoms. The maximum absolute atomic E-state index is 10.7. The Hall–Kier alpha value is -1.10. The van der Waals surface area contributed by atoms with Gasteiger partial charge in [-0.05, 0) is 6.92 Å². The number of esters is 2. The monoisotopic (exact) mass is 175 g/mol. The van der Waals surface area contributed by atoms with Crippen LogP contribution in [0.5, 0.6) is 0 Å². The van der Waals surface area contributed by atoms with Crippen molar-refractivity contribution in [1.29, 1.82) is 0 Å². The molecule has 0 heterocycles. The number of ether oxygens (including phenoxy) is 2. The molecular weight excluding hydrogens is 162 g/mol. The molecular formula is C7H13NO4. The van der Waals surface area contributed by atoms with Gasteiger partial charge in [0, 0.05) is 6.54 Å². The minimum atomic E-state index is -0.598. The molecule has 2 N–H and O–H groups in total. The molecule has 0 radical (unpaired) electrons. The number of hydrogen-bond acceptors (Lipinski definition) is 5. The van der Waals surface area contributed by atoms with Crippen molar-refractivity contribution < 1.29 is 19.1 Å². The van der Waals surface area contributed by atoms with Gasteiger partial charge in [-0.15, -0.1) is 0 Å². The molecule has 0 aliphatic carbocycles. The highest BCUT2D eigenvalue weighted by molar-refractivity contribution is 5.91. The Balaban J connectivity index is 3.47. The molecule has 0 aliphatic heterocycles. The molecule has 0 aromatic rings. The third-order valence-electron chi connectivity index (χ3n) is 0.975. The van der Waals surface area contributed by atoms with E-state index in [4.69, 9.17) is 5.73 Å². The second-order valence-electron chi connectivity index (χ2n) is 1.99. The van der Waals surface area contributed by atoms with Crippen LogP contribution in [-0.4, -0.2) is 31.7 Å². The van der Waals surface area contributed by atoms with Crippen LogP contribution in [0.25, 0.3) is 0 Å². The van der Waals surface area contributed by atoms with Crippen LogP contribution in [0.1, 0.15) is 13.3 Å². The smallest absolute Gasteiger partial charge is 0.317 e. The molecule has 0 unspecified atom stereocenters. The first-order valence-electron chi connectivity index (χ1n) is 3.72. The van der Waals surface area contributed by atoms with Gasteiger partial charge in [0.25, 0.3) is 0 Å². The molecule has 0 saturated heterocycles. The van der Waals surface area contributed by atoms with Gasteiger partial charge < -0.3 is 15.2 Å². The highest BCUT2D eigenvalue weighted by Crippen LogP contribution is 1.89. The SMILES string of the molecule is CCOC(=O)CC(=O)OCCN. The molecule has 5 heteroatoms. The lowest BCUT2D eigenvalue weighted by molar-refractivity contribution is -0.154. The normalized spacial score (nSPS) is 9.17. The van der Waals surface area contributed by atoms with Crippen LogP contribution in [0, 0.1) is 0 Å². The molecule has 0 aromatic heterocycles. The van der Waals surface area contributed by atoms with E-state index in [2.05, 4.69) is 9.47 Å². The Morgan fingerprint density at radius 3 is 2.33 bits per heavy atom. The van der Waals surface area contributed by atoms with E-state index in [1.807, 2.05) is 0 Å². The first kappa shape index (κ1) is 10.9. The number of carbonyl (C=O) groups is 2. The zero-order chi connectivity index (χ0) is 9.40. The van der Waals surface area contributed by atoms with Gasteiger partial charge in [0.1, 0.15) is 13.0 Å². The second kappa shape index (κ2) is 6.60. The van der Waals surface area contributed by atoms with Crippen LogP contribution in [0.4, 0.5) is 0 Å². The summed E-state index contributed by atoms with van der Waals surface area (Å²) in [7, 11) is 0. The molecule has 0 aliphatic rings. The number of carbonyl (C=O) groups excluding carboxylic acids is 2. The molecule has 0 rings (SSSR count). The van der Waals surface area contributed by atoms with Gasteiger partial charge in [0.15, 0.2) is 0 Å². The van der Waals surface area contributed by atoms with Crippen LogP contribution < -0.4 is 5.73 Å². The lowest BCUT2D eigenvalue weighted by Crippen LogP contribution is -2.17. The molecule has 0 amide bonds. The summed E-state index contributed by atoms with van der Waals surface area (Å²) < 4.78 is 9.06. The fourth-order valence-corrected chi connectivity index (χ4v) is 0.554. The fraction of sp³-hybridized carbons (Fsp3) is 0.714. The van der Waals surface area contributed by atoms with Crippen molar-refractivity contribution in [2.75, 3.05) is 19.8 Å². The van der Waals surface area contributed by atoms with Crippen LogP contribution in [0.2, 0.25) is 0 Å². The Morgan fingerprint density at radius 2 is 1.83 bits per heavy atom. The van der Waals surface area contributed by atoms with Gasteiger partial charge in [0.05, 0.1) is 6.61 Å². The van der Waals surface area contributed by atoms with E-state index in [1.165, 1.54) is 0 Å². The highest BCUT2D eigenvalue weighted by Gasteiger charge is 2.10. The first-order valence-corrected chi connectivity index (χ1v) is 3.72. The lowest BCUT2D eigenvalue weighted by Gasteiger charge is -2.02. The minimum Gasteiger partial charge on any atom is -0.466 e. The molecule has 0 aromatic carbocycles. The molecule has 70 valence electrons. The average molecular weight is 175 g/mol. The first-order chi connectivity index (χ1) is 5.70. The maximum Gasteiger partial charge on any atom is 0.317 e. The maximum atomic E-state index is 10.7. The summed E-state index contributed by atoms with van der Waals surface area (Å²) in [5, 5.41) is 0. The average Bonchev–Trinajstić information content (AvgIpc) is 2.01. The molecule has 5 nitrogen and oxygen atoms in total. The van der Waals surface area contributed by atoms with Crippen molar-refractivity contribution in [2.24, 2.45) is 5.73 Å². The molecule has 0 spiro atoms. The fourth-order valence-electron chi connectivity index (χ4n) is 0.554. The van der Waals surface area contributed by atoms with Gasteiger partial charge in [0.2, 0.25) is 0 Å². The Morgan fingerprint density at radius 1 is 1.25 bits per heavy atom. The standard InChI is InChI=1S/C7H13NO4/c1-2-11-6(9)5-7(10)12-4-3-8/h2-5,8H2,1H3. The van der Waals surface area contributed by atoms with Gasteiger partial charge in [-0.25, -0.2) is 0 Å². The van der Waals surface area contributed by atoms with Crippen LogP contribution in [-0.2, 0) is 19.1 Å². The summed E-state index contributed by atoms with van der Waals surface area (Å²) >= 11 is 0. The summed E-state index contributed by atoms with van der Waals surface area (Å²) in [5.41, 5.74) is 5.07. The zero-order valence-electron chi connectivity index (χ0n) is 7.04. The Bertz CT molecular complexity index is 157. The zero-order valence-corrected chi connectivity index (χ0v) is 7.04. The second-order valence-corrected chi connectivity index (χ2v) is 1.99. The number of rotatable bonds is 5. The van der Waals surface area contributed by atoms with Crippen molar-refractivity contribution in [3.8, 4) is 0 Å². The lowest BCUT2D eigenvalue weighted by atomic mass is 10.4. The van der Waals surface area contributed by atoms with E-state index < -0.39 is 11.9 Å². The van der Waals surface area contributed by atoms with Crippen molar-refractivity contribution >= 4 is 11.9 Å². The van der Waals surface area contributed by atoms with E-state index >= 15 is 0 Å². The molecule has 0 saturated carbocycles. The van der Waals surface area contributed by atoms with Crippen molar-refractivity contribution in [3.05, 3.63) is 0 Å². The predicted molar refractivity (Wildman–Crippen MR) is 41.3 cm³/mol. The third kappa shape index (κ3) is 5.67. The molecule has 0 fully saturated rings. The van der Waals surface area contributed by atoms with E-state index in [9.17, 15) is 9.59 Å². The largest absolute Gasteiger partial charge is 0.466 e. The Kier molecular flexibility index (Phi) is 6.00. The Labute approximate surface area is 70.8 Å². The minimum absolute atomic E-state index is 0.137. The van der Waals surface area contributed by atoms with Gasteiger partial charge in [-0.3, -0.25) is 9.59 Å². The third-order valence-corrected chi connectivity index (χ3v) is 0.975. The van der Waals surface area contributed by atoms with E-state index in [-0.39, 0.29) is 26.2 Å². The summed E-state index contributed by atoms with van der Waals surface area (Å²) in [4.78, 5) is 21.4. The van der Waals surface area contributed by atoms with Crippen LogP contribution in [0.15, 0.2) is 0 Å². The van der Waals surface area contributed by atoms with Crippen LogP contribution >= 0.6 is 0 Å². The van der Waals surface area contributed by atoms with Crippen molar-refractivity contribution in [3.63, 3.8) is 0 Å². The molecule has 0 bridgehead atoms. The van der Waals surface area contributed by atoms with Crippen LogP contribution in [0.3, 0.4) is 0 Å². The topological polar surface area (TPSA) is 78.6 Å². The molecule has 0 atom stereocenters. The van der Waals surface area contributed by atoms with Crippen molar-refractivity contribution in [2.45, 2.75) is 13.3 Å². The summed E-state index contributed by atoms with van der Waals surface area (Å²) in [5.74, 6) is -1.17. The van der Waals surface area contributed by atoms with E-state index in [1.54, 1.807) is 6.92 Å². The van der Waals surface area contributed by atoms with Crippen molar-refractivity contribution in [1.82, 2.24) is 0 Å². The number of hydrogen-bond donors (Lipinski definition) is 1. The van der Waals surface area contributed by atoms with E-state index in [0.717, 1.165) is 0 Å². The quantitative estimate of drug-likeness (QED) is 0.447. The predicted octanol–water partition coefficient (Wildman–Crippen LogP) is -0.558.